The second-order valence-corrected chi connectivity index (χ2v) is 9.98. The van der Waals surface area contributed by atoms with E-state index >= 15 is 0 Å². The fraction of sp³-hybridized carbons (Fsp3) is 0.895. The van der Waals surface area contributed by atoms with Gasteiger partial charge in [-0.05, 0) is 32.1 Å². The minimum absolute atomic E-state index is 0.0191. The molecular weight excluding hydrogens is 394 g/mol. The highest BCUT2D eigenvalue weighted by molar-refractivity contribution is 7.89. The van der Waals surface area contributed by atoms with E-state index < -0.39 is 10.0 Å². The monoisotopic (exact) mass is 431 g/mol. The summed E-state index contributed by atoms with van der Waals surface area (Å²) >= 11 is 0. The summed E-state index contributed by atoms with van der Waals surface area (Å²) in [5, 5.41) is 6.40. The van der Waals surface area contributed by atoms with E-state index in [1.54, 1.807) is 7.05 Å². The maximum absolute atomic E-state index is 12.2. The van der Waals surface area contributed by atoms with Crippen molar-refractivity contribution in [1.82, 2.24) is 20.3 Å². The number of piperidine rings is 1. The number of aliphatic imine (C=N–C) groups is 1. The number of guanidine groups is 1. The molecule has 168 valence electrons. The van der Waals surface area contributed by atoms with Crippen molar-refractivity contribution in [2.45, 2.75) is 58.1 Å². The molecule has 1 atom stereocenters. The second-order valence-electron chi connectivity index (χ2n) is 8.05. The van der Waals surface area contributed by atoms with Gasteiger partial charge in [0, 0.05) is 51.8 Å². The van der Waals surface area contributed by atoms with E-state index in [0.717, 1.165) is 45.2 Å². The molecule has 10 heteroatoms. The van der Waals surface area contributed by atoms with Crippen LogP contribution in [0.15, 0.2) is 4.99 Å². The first-order valence-electron chi connectivity index (χ1n) is 10.7. The van der Waals surface area contributed by atoms with Crippen molar-refractivity contribution in [3.63, 3.8) is 0 Å². The molecule has 0 aliphatic carbocycles. The zero-order valence-corrected chi connectivity index (χ0v) is 18.8. The predicted octanol–water partition coefficient (Wildman–Crippen LogP) is 0.287. The number of hydrogen-bond acceptors (Lipinski definition) is 5. The van der Waals surface area contributed by atoms with E-state index in [-0.39, 0.29) is 36.3 Å². The molecule has 1 amide bonds. The summed E-state index contributed by atoms with van der Waals surface area (Å²) < 4.78 is 32.6. The van der Waals surface area contributed by atoms with Crippen molar-refractivity contribution >= 4 is 21.9 Å². The van der Waals surface area contributed by atoms with E-state index in [1.807, 2.05) is 18.7 Å². The third kappa shape index (κ3) is 8.47. The van der Waals surface area contributed by atoms with Crippen LogP contribution in [0.3, 0.4) is 0 Å². The lowest BCUT2D eigenvalue weighted by atomic mass is 10.0. The summed E-state index contributed by atoms with van der Waals surface area (Å²) in [6.07, 6.45) is 4.71. The van der Waals surface area contributed by atoms with Crippen molar-refractivity contribution in [3.05, 3.63) is 0 Å². The number of sulfonamides is 1. The van der Waals surface area contributed by atoms with Gasteiger partial charge in [-0.1, -0.05) is 13.8 Å². The quantitative estimate of drug-likeness (QED) is 0.376. The maximum atomic E-state index is 12.2. The average molecular weight is 432 g/mol. The third-order valence-corrected chi connectivity index (χ3v) is 6.68. The molecule has 0 bridgehead atoms. The number of amides is 1. The van der Waals surface area contributed by atoms with Crippen LogP contribution in [0.2, 0.25) is 0 Å². The van der Waals surface area contributed by atoms with Crippen LogP contribution in [0.5, 0.6) is 0 Å². The Kier molecular flexibility index (Phi) is 9.64. The molecule has 0 spiro atoms. The minimum Gasteiger partial charge on any atom is -0.377 e. The maximum Gasteiger partial charge on any atom is 0.225 e. The normalized spacial score (nSPS) is 22.0. The zero-order valence-electron chi connectivity index (χ0n) is 17.9. The Hall–Kier alpha value is -1.39. The van der Waals surface area contributed by atoms with Gasteiger partial charge in [0.2, 0.25) is 15.9 Å². The lowest BCUT2D eigenvalue weighted by Gasteiger charge is -2.34. The largest absolute Gasteiger partial charge is 0.377 e. The van der Waals surface area contributed by atoms with Gasteiger partial charge in [-0.3, -0.25) is 9.79 Å². The van der Waals surface area contributed by atoms with Gasteiger partial charge in [-0.25, -0.2) is 13.1 Å². The number of carbonyl (C=O) groups is 1. The van der Waals surface area contributed by atoms with Crippen molar-refractivity contribution < 1.29 is 17.9 Å². The molecular formula is C19H37N5O4S. The van der Waals surface area contributed by atoms with Gasteiger partial charge in [0.15, 0.2) is 5.96 Å². The van der Waals surface area contributed by atoms with Gasteiger partial charge in [0.05, 0.1) is 11.9 Å². The van der Waals surface area contributed by atoms with Crippen LogP contribution in [-0.2, 0) is 19.6 Å². The molecule has 2 heterocycles. The third-order valence-electron chi connectivity index (χ3n) is 5.33. The van der Waals surface area contributed by atoms with E-state index in [4.69, 9.17) is 4.74 Å². The highest BCUT2D eigenvalue weighted by Gasteiger charge is 2.25. The van der Waals surface area contributed by atoms with E-state index in [9.17, 15) is 13.2 Å². The number of nitrogens with one attached hydrogen (secondary N) is 3. The van der Waals surface area contributed by atoms with Gasteiger partial charge >= 0.3 is 0 Å². The minimum atomic E-state index is -3.36. The van der Waals surface area contributed by atoms with Crippen LogP contribution < -0.4 is 15.4 Å². The van der Waals surface area contributed by atoms with Crippen LogP contribution in [0.4, 0.5) is 0 Å². The molecule has 9 nitrogen and oxygen atoms in total. The second kappa shape index (κ2) is 11.7. The fourth-order valence-corrected chi connectivity index (χ4v) is 4.52. The number of likely N-dealkylation sites (tertiary alicyclic amines) is 1. The van der Waals surface area contributed by atoms with Gasteiger partial charge in [-0.15, -0.1) is 0 Å². The van der Waals surface area contributed by atoms with Gasteiger partial charge in [0.25, 0.3) is 0 Å². The SMILES string of the molecule is CN=C(NCCS(=O)(=O)NCC1CCCCO1)NC1CCN(C(=O)C(C)C)CC1. The summed E-state index contributed by atoms with van der Waals surface area (Å²) in [4.78, 5) is 18.2. The Morgan fingerprint density at radius 1 is 1.21 bits per heavy atom. The lowest BCUT2D eigenvalue weighted by molar-refractivity contribution is -0.135. The molecule has 0 aromatic carbocycles. The summed E-state index contributed by atoms with van der Waals surface area (Å²) in [5.74, 6) is 0.780. The van der Waals surface area contributed by atoms with Crippen molar-refractivity contribution in [3.8, 4) is 0 Å². The molecule has 2 fully saturated rings. The Labute approximate surface area is 175 Å². The van der Waals surface area contributed by atoms with Gasteiger partial charge in [0.1, 0.15) is 0 Å². The topological polar surface area (TPSA) is 112 Å². The molecule has 0 radical (unpaired) electrons. The van der Waals surface area contributed by atoms with E-state index in [0.29, 0.717) is 19.1 Å². The summed E-state index contributed by atoms with van der Waals surface area (Å²) in [6, 6.07) is 0.218. The van der Waals surface area contributed by atoms with Gasteiger partial charge in [-0.2, -0.15) is 0 Å². The van der Waals surface area contributed by atoms with Crippen LogP contribution in [0.25, 0.3) is 0 Å². The van der Waals surface area contributed by atoms with Crippen LogP contribution in [-0.4, -0.2) is 82.9 Å². The Balaban J connectivity index is 1.66. The first-order valence-corrected chi connectivity index (χ1v) is 12.3. The molecule has 2 saturated heterocycles. The number of carbonyl (C=O) groups excluding carboxylic acids is 1. The molecule has 0 saturated carbocycles. The van der Waals surface area contributed by atoms with Crippen molar-refractivity contribution in [2.75, 3.05) is 45.6 Å². The first kappa shape index (κ1) is 23.9. The summed E-state index contributed by atoms with van der Waals surface area (Å²) in [5.41, 5.74) is 0. The molecule has 0 aromatic heterocycles. The number of ether oxygens (including phenoxy) is 1. The highest BCUT2D eigenvalue weighted by Crippen LogP contribution is 2.13. The van der Waals surface area contributed by atoms with Crippen molar-refractivity contribution in [1.29, 1.82) is 0 Å². The Morgan fingerprint density at radius 2 is 1.93 bits per heavy atom. The lowest BCUT2D eigenvalue weighted by Crippen LogP contribution is -2.51. The summed E-state index contributed by atoms with van der Waals surface area (Å²) in [7, 11) is -1.70. The summed E-state index contributed by atoms with van der Waals surface area (Å²) in [6.45, 7) is 6.61. The molecule has 2 aliphatic heterocycles. The van der Waals surface area contributed by atoms with Crippen LogP contribution in [0, 0.1) is 5.92 Å². The van der Waals surface area contributed by atoms with Crippen molar-refractivity contribution in [2.24, 2.45) is 10.9 Å². The van der Waals surface area contributed by atoms with Crippen LogP contribution in [0.1, 0.15) is 46.0 Å². The number of hydrogen-bond donors (Lipinski definition) is 3. The highest BCUT2D eigenvalue weighted by atomic mass is 32.2. The van der Waals surface area contributed by atoms with E-state index in [1.165, 1.54) is 0 Å². The predicted molar refractivity (Wildman–Crippen MR) is 114 cm³/mol. The molecule has 1 unspecified atom stereocenters. The standard InChI is InChI=1S/C19H37N5O4S/c1-15(2)18(25)24-10-7-16(8-11-24)23-19(20-3)21-9-13-29(26,27)22-14-17-6-4-5-12-28-17/h15-17,22H,4-14H2,1-3H3,(H2,20,21,23). The van der Waals surface area contributed by atoms with E-state index in [2.05, 4.69) is 20.3 Å². The molecule has 2 rings (SSSR count). The molecule has 3 N–H and O–H groups in total. The molecule has 0 aromatic rings. The first-order chi connectivity index (χ1) is 13.8. The Bertz CT molecular complexity index is 639. The number of rotatable bonds is 8. The van der Waals surface area contributed by atoms with Crippen LogP contribution >= 0.6 is 0 Å². The Morgan fingerprint density at radius 3 is 2.52 bits per heavy atom. The number of nitrogens with zero attached hydrogens (tertiary/aromatic N) is 2. The molecule has 2 aliphatic rings. The zero-order chi connectivity index (χ0) is 21.3. The molecule has 29 heavy (non-hydrogen) atoms. The average Bonchev–Trinajstić information content (AvgIpc) is 2.72. The fourth-order valence-electron chi connectivity index (χ4n) is 3.56. The smallest absolute Gasteiger partial charge is 0.225 e. The van der Waals surface area contributed by atoms with Gasteiger partial charge < -0.3 is 20.3 Å².